The van der Waals surface area contributed by atoms with Crippen molar-refractivity contribution in [1.29, 1.82) is 0 Å². The molecule has 2 rings (SSSR count). The monoisotopic (exact) mass is 275 g/mol. The van der Waals surface area contributed by atoms with Crippen LogP contribution in [0.2, 0.25) is 0 Å². The lowest BCUT2D eigenvalue weighted by molar-refractivity contribution is -0.160. The Kier molecular flexibility index (Phi) is 4.48. The molecule has 1 aromatic rings. The van der Waals surface area contributed by atoms with Crippen molar-refractivity contribution in [3.05, 3.63) is 35.4 Å². The second-order valence-electron chi connectivity index (χ2n) is 6.48. The molecule has 2 atom stereocenters. The van der Waals surface area contributed by atoms with Gasteiger partial charge in [-0.3, -0.25) is 4.79 Å². The summed E-state index contributed by atoms with van der Waals surface area (Å²) in [4.78, 5) is 12.1. The molecule has 0 radical (unpaired) electrons. The summed E-state index contributed by atoms with van der Waals surface area (Å²) < 4.78 is 5.76. The SMILES string of the molecule is CCC(OC(=O)C(C)(C)C)C1NCCc2ccccc21. The quantitative estimate of drug-likeness (QED) is 0.861. The molecule has 1 heterocycles. The van der Waals surface area contributed by atoms with Gasteiger partial charge in [-0.15, -0.1) is 0 Å². The molecular formula is C17H25NO2. The Bertz CT molecular complexity index is 476. The number of esters is 1. The van der Waals surface area contributed by atoms with Crippen molar-refractivity contribution >= 4 is 5.97 Å². The summed E-state index contributed by atoms with van der Waals surface area (Å²) in [7, 11) is 0. The van der Waals surface area contributed by atoms with Crippen molar-refractivity contribution in [2.45, 2.75) is 52.7 Å². The van der Waals surface area contributed by atoms with E-state index in [0.717, 1.165) is 19.4 Å². The van der Waals surface area contributed by atoms with Gasteiger partial charge in [0.1, 0.15) is 6.10 Å². The fourth-order valence-electron chi connectivity index (χ4n) is 2.57. The minimum absolute atomic E-state index is 0.108. The van der Waals surface area contributed by atoms with E-state index in [1.807, 2.05) is 20.8 Å². The van der Waals surface area contributed by atoms with Crippen LogP contribution in [0.1, 0.15) is 51.3 Å². The Balaban J connectivity index is 2.19. The molecule has 1 N–H and O–H groups in total. The minimum Gasteiger partial charge on any atom is -0.460 e. The third-order valence-electron chi connectivity index (χ3n) is 3.79. The maximum Gasteiger partial charge on any atom is 0.311 e. The summed E-state index contributed by atoms with van der Waals surface area (Å²) in [6.07, 6.45) is 1.74. The number of fused-ring (bicyclic) bond motifs is 1. The van der Waals surface area contributed by atoms with Gasteiger partial charge in [-0.2, -0.15) is 0 Å². The Morgan fingerprint density at radius 1 is 1.40 bits per heavy atom. The molecule has 1 aliphatic heterocycles. The number of rotatable bonds is 3. The van der Waals surface area contributed by atoms with E-state index in [2.05, 4.69) is 36.5 Å². The summed E-state index contributed by atoms with van der Waals surface area (Å²) in [5, 5.41) is 3.51. The molecule has 0 fully saturated rings. The molecule has 0 aliphatic carbocycles. The van der Waals surface area contributed by atoms with E-state index in [4.69, 9.17) is 4.74 Å². The van der Waals surface area contributed by atoms with Crippen LogP contribution in [-0.2, 0) is 16.0 Å². The third kappa shape index (κ3) is 3.21. The first kappa shape index (κ1) is 15.0. The zero-order valence-electron chi connectivity index (χ0n) is 12.9. The molecule has 0 amide bonds. The average Bonchev–Trinajstić information content (AvgIpc) is 2.43. The summed E-state index contributed by atoms with van der Waals surface area (Å²) in [6.45, 7) is 8.68. The summed E-state index contributed by atoms with van der Waals surface area (Å²) >= 11 is 0. The molecule has 1 aliphatic rings. The highest BCUT2D eigenvalue weighted by Gasteiger charge is 2.32. The minimum atomic E-state index is -0.457. The molecule has 110 valence electrons. The second-order valence-corrected chi connectivity index (χ2v) is 6.48. The van der Waals surface area contributed by atoms with Crippen molar-refractivity contribution in [3.63, 3.8) is 0 Å². The molecule has 0 saturated heterocycles. The van der Waals surface area contributed by atoms with Crippen molar-refractivity contribution in [2.24, 2.45) is 5.41 Å². The van der Waals surface area contributed by atoms with Crippen LogP contribution in [0.25, 0.3) is 0 Å². The number of hydrogen-bond donors (Lipinski definition) is 1. The fraction of sp³-hybridized carbons (Fsp3) is 0.588. The zero-order valence-corrected chi connectivity index (χ0v) is 12.9. The molecule has 3 heteroatoms. The molecule has 20 heavy (non-hydrogen) atoms. The molecule has 1 aromatic carbocycles. The largest absolute Gasteiger partial charge is 0.460 e. The number of carbonyl (C=O) groups is 1. The van der Waals surface area contributed by atoms with Crippen LogP contribution in [0.5, 0.6) is 0 Å². The first-order chi connectivity index (χ1) is 9.43. The first-order valence-electron chi connectivity index (χ1n) is 7.45. The highest BCUT2D eigenvalue weighted by Crippen LogP contribution is 2.29. The maximum absolute atomic E-state index is 12.1. The van der Waals surface area contributed by atoms with Gasteiger partial charge in [0.25, 0.3) is 0 Å². The van der Waals surface area contributed by atoms with Crippen LogP contribution in [0.3, 0.4) is 0 Å². The topological polar surface area (TPSA) is 38.3 Å². The van der Waals surface area contributed by atoms with Gasteiger partial charge in [-0.05, 0) is 51.3 Å². The number of hydrogen-bond acceptors (Lipinski definition) is 3. The fourth-order valence-corrected chi connectivity index (χ4v) is 2.57. The summed E-state index contributed by atoms with van der Waals surface area (Å²) in [6, 6.07) is 8.54. The molecule has 0 bridgehead atoms. The smallest absolute Gasteiger partial charge is 0.311 e. The van der Waals surface area contributed by atoms with Gasteiger partial charge in [-0.1, -0.05) is 31.2 Å². The molecular weight excluding hydrogens is 250 g/mol. The van der Waals surface area contributed by atoms with E-state index in [9.17, 15) is 4.79 Å². The summed E-state index contributed by atoms with van der Waals surface area (Å²) in [5.74, 6) is -0.130. The molecule has 0 aromatic heterocycles. The Labute approximate surface area is 121 Å². The Hall–Kier alpha value is -1.35. The van der Waals surface area contributed by atoms with Crippen LogP contribution >= 0.6 is 0 Å². The normalized spacial score (nSPS) is 20.1. The van der Waals surface area contributed by atoms with Crippen LogP contribution < -0.4 is 5.32 Å². The van der Waals surface area contributed by atoms with E-state index >= 15 is 0 Å². The molecule has 0 spiro atoms. The second kappa shape index (κ2) is 5.96. The molecule has 3 nitrogen and oxygen atoms in total. The molecule has 2 unspecified atom stereocenters. The van der Waals surface area contributed by atoms with Crippen molar-refractivity contribution in [2.75, 3.05) is 6.54 Å². The van der Waals surface area contributed by atoms with Gasteiger partial charge in [0.15, 0.2) is 0 Å². The van der Waals surface area contributed by atoms with E-state index in [0.29, 0.717) is 0 Å². The van der Waals surface area contributed by atoms with E-state index in [1.54, 1.807) is 0 Å². The van der Waals surface area contributed by atoms with E-state index < -0.39 is 5.41 Å². The third-order valence-corrected chi connectivity index (χ3v) is 3.79. The first-order valence-corrected chi connectivity index (χ1v) is 7.45. The maximum atomic E-state index is 12.1. The highest BCUT2D eigenvalue weighted by atomic mass is 16.5. The van der Waals surface area contributed by atoms with Crippen LogP contribution in [0.4, 0.5) is 0 Å². The Morgan fingerprint density at radius 3 is 2.75 bits per heavy atom. The van der Waals surface area contributed by atoms with Crippen molar-refractivity contribution in [3.8, 4) is 0 Å². The number of carbonyl (C=O) groups excluding carboxylic acids is 1. The van der Waals surface area contributed by atoms with Crippen LogP contribution in [0, 0.1) is 5.41 Å². The van der Waals surface area contributed by atoms with Crippen molar-refractivity contribution < 1.29 is 9.53 Å². The zero-order chi connectivity index (χ0) is 14.8. The van der Waals surface area contributed by atoms with E-state index in [-0.39, 0.29) is 18.1 Å². The predicted molar refractivity (Wildman–Crippen MR) is 80.5 cm³/mol. The number of nitrogens with one attached hydrogen (secondary N) is 1. The number of benzene rings is 1. The standard InChI is InChI=1S/C17H25NO2/c1-5-14(20-16(19)17(2,3)4)15-13-9-7-6-8-12(13)10-11-18-15/h6-9,14-15,18H,5,10-11H2,1-4H3. The molecule has 0 saturated carbocycles. The van der Waals surface area contributed by atoms with Crippen LogP contribution in [0.15, 0.2) is 24.3 Å². The van der Waals surface area contributed by atoms with Gasteiger partial charge in [0, 0.05) is 0 Å². The lowest BCUT2D eigenvalue weighted by Gasteiger charge is -2.34. The number of ether oxygens (including phenoxy) is 1. The van der Waals surface area contributed by atoms with Gasteiger partial charge < -0.3 is 10.1 Å². The van der Waals surface area contributed by atoms with Crippen LogP contribution in [-0.4, -0.2) is 18.6 Å². The lowest BCUT2D eigenvalue weighted by atomic mass is 9.90. The van der Waals surface area contributed by atoms with Gasteiger partial charge >= 0.3 is 5.97 Å². The van der Waals surface area contributed by atoms with Gasteiger partial charge in [-0.25, -0.2) is 0 Å². The Morgan fingerprint density at radius 2 is 2.10 bits per heavy atom. The predicted octanol–water partition coefficient (Wildman–Crippen LogP) is 3.24. The highest BCUT2D eigenvalue weighted by molar-refractivity contribution is 5.75. The van der Waals surface area contributed by atoms with Gasteiger partial charge in [0.2, 0.25) is 0 Å². The van der Waals surface area contributed by atoms with E-state index in [1.165, 1.54) is 11.1 Å². The lowest BCUT2D eigenvalue weighted by Crippen LogP contribution is -2.41. The van der Waals surface area contributed by atoms with Crippen molar-refractivity contribution in [1.82, 2.24) is 5.32 Å². The van der Waals surface area contributed by atoms with Gasteiger partial charge in [0.05, 0.1) is 11.5 Å². The average molecular weight is 275 g/mol. The summed E-state index contributed by atoms with van der Waals surface area (Å²) in [5.41, 5.74) is 2.18.